The van der Waals surface area contributed by atoms with Crippen LogP contribution in [0, 0.1) is 29.1 Å². The molecule has 3 nitrogen and oxygen atoms in total. The van der Waals surface area contributed by atoms with Crippen molar-refractivity contribution < 1.29 is 14.7 Å². The van der Waals surface area contributed by atoms with Crippen LogP contribution in [0.3, 0.4) is 0 Å². The Hall–Kier alpha value is -1.22. The number of Topliss-reactive ketones (excluding diaryl/α,β-unsaturated/α-hetero) is 2. The maximum absolute atomic E-state index is 13.0. The third-order valence-electron chi connectivity index (χ3n) is 6.62. The predicted molar refractivity (Wildman–Crippen MR) is 89.7 cm³/mol. The number of allylic oxidation sites excluding steroid dienone is 2. The van der Waals surface area contributed by atoms with Gasteiger partial charge in [-0.15, -0.1) is 0 Å². The molecular weight excluding hydrogens is 288 g/mol. The summed E-state index contributed by atoms with van der Waals surface area (Å²) >= 11 is 0. The fourth-order valence-electron chi connectivity index (χ4n) is 4.90. The molecular formula is C20H28O3. The van der Waals surface area contributed by atoms with E-state index in [1.165, 1.54) is 6.08 Å². The summed E-state index contributed by atoms with van der Waals surface area (Å²) in [4.78, 5) is 25.4. The van der Waals surface area contributed by atoms with E-state index in [0.717, 1.165) is 24.8 Å². The van der Waals surface area contributed by atoms with Crippen LogP contribution < -0.4 is 0 Å². The van der Waals surface area contributed by atoms with Gasteiger partial charge in [0.25, 0.3) is 0 Å². The molecule has 0 aromatic carbocycles. The second kappa shape index (κ2) is 5.14. The molecule has 1 fully saturated rings. The largest absolute Gasteiger partial charge is 0.377 e. The average molecular weight is 316 g/mol. The number of aliphatic hydroxyl groups is 1. The second-order valence-corrected chi connectivity index (χ2v) is 8.58. The van der Waals surface area contributed by atoms with Crippen LogP contribution in [0.1, 0.15) is 53.9 Å². The summed E-state index contributed by atoms with van der Waals surface area (Å²) in [5, 5.41) is 11.1. The number of hydrogen-bond acceptors (Lipinski definition) is 3. The van der Waals surface area contributed by atoms with Crippen molar-refractivity contribution in [2.45, 2.75) is 59.5 Å². The standard InChI is InChI=1S/C20H28O3/c1-11-6-7-14-15(19(14,4)5)9-12(2)18(22)20(23)10-13(3)17(21)16(20)8-11/h8,10,12,14-16,23H,6-7,9H2,1-5H3/b11-8+/t12-,14+,15-,16+,20+/m1/s1. The Morgan fingerprint density at radius 3 is 2.48 bits per heavy atom. The Bertz CT molecular complexity index is 625. The summed E-state index contributed by atoms with van der Waals surface area (Å²) in [7, 11) is 0. The summed E-state index contributed by atoms with van der Waals surface area (Å²) in [6.45, 7) is 10.2. The third kappa shape index (κ3) is 2.44. The van der Waals surface area contributed by atoms with E-state index in [9.17, 15) is 14.7 Å². The van der Waals surface area contributed by atoms with Crippen molar-refractivity contribution in [2.24, 2.45) is 29.1 Å². The van der Waals surface area contributed by atoms with E-state index in [-0.39, 0.29) is 22.9 Å². The maximum Gasteiger partial charge on any atom is 0.172 e. The van der Waals surface area contributed by atoms with Crippen LogP contribution in [-0.2, 0) is 9.59 Å². The zero-order valence-electron chi connectivity index (χ0n) is 14.8. The highest BCUT2D eigenvalue weighted by atomic mass is 16.3. The van der Waals surface area contributed by atoms with Gasteiger partial charge in [0.1, 0.15) is 0 Å². The number of fused-ring (bicyclic) bond motifs is 2. The molecule has 0 aromatic rings. The quantitative estimate of drug-likeness (QED) is 0.696. The normalized spacial score (nSPS) is 45.3. The molecule has 126 valence electrons. The van der Waals surface area contributed by atoms with E-state index in [2.05, 4.69) is 13.8 Å². The van der Waals surface area contributed by atoms with Crippen molar-refractivity contribution in [3.05, 3.63) is 23.3 Å². The fourth-order valence-corrected chi connectivity index (χ4v) is 4.90. The van der Waals surface area contributed by atoms with E-state index in [0.29, 0.717) is 17.4 Å². The van der Waals surface area contributed by atoms with Crippen LogP contribution in [0.5, 0.6) is 0 Å². The molecule has 3 rings (SSSR count). The number of carbonyl (C=O) groups excluding carboxylic acids is 2. The van der Waals surface area contributed by atoms with Gasteiger partial charge in [0, 0.05) is 5.92 Å². The summed E-state index contributed by atoms with van der Waals surface area (Å²) in [6, 6.07) is 0. The van der Waals surface area contributed by atoms with Crippen LogP contribution in [0.2, 0.25) is 0 Å². The van der Waals surface area contributed by atoms with Gasteiger partial charge in [-0.05, 0) is 62.0 Å². The van der Waals surface area contributed by atoms with Crippen LogP contribution >= 0.6 is 0 Å². The van der Waals surface area contributed by atoms with Crippen molar-refractivity contribution in [3.63, 3.8) is 0 Å². The molecule has 0 bridgehead atoms. The van der Waals surface area contributed by atoms with Crippen LogP contribution in [0.25, 0.3) is 0 Å². The van der Waals surface area contributed by atoms with E-state index >= 15 is 0 Å². The van der Waals surface area contributed by atoms with Gasteiger partial charge in [-0.1, -0.05) is 32.4 Å². The van der Waals surface area contributed by atoms with Gasteiger partial charge in [0.05, 0.1) is 5.92 Å². The van der Waals surface area contributed by atoms with Crippen molar-refractivity contribution in [2.75, 3.05) is 0 Å². The molecule has 0 unspecified atom stereocenters. The lowest BCUT2D eigenvalue weighted by atomic mass is 9.78. The first-order chi connectivity index (χ1) is 10.6. The summed E-state index contributed by atoms with van der Waals surface area (Å²) in [5.41, 5.74) is 0.242. The Labute approximate surface area is 138 Å². The monoisotopic (exact) mass is 316 g/mol. The molecule has 0 saturated heterocycles. The average Bonchev–Trinajstić information content (AvgIpc) is 2.90. The minimum atomic E-state index is -1.65. The van der Waals surface area contributed by atoms with Crippen molar-refractivity contribution in [1.29, 1.82) is 0 Å². The molecule has 23 heavy (non-hydrogen) atoms. The lowest BCUT2D eigenvalue weighted by Gasteiger charge is -2.28. The number of rotatable bonds is 0. The third-order valence-corrected chi connectivity index (χ3v) is 6.62. The van der Waals surface area contributed by atoms with Gasteiger partial charge in [-0.2, -0.15) is 0 Å². The highest BCUT2D eigenvalue weighted by Crippen LogP contribution is 2.63. The first-order valence-electron chi connectivity index (χ1n) is 8.76. The van der Waals surface area contributed by atoms with Gasteiger partial charge in [-0.25, -0.2) is 0 Å². The highest BCUT2D eigenvalue weighted by molar-refractivity contribution is 6.09. The van der Waals surface area contributed by atoms with Gasteiger partial charge in [0.15, 0.2) is 17.2 Å². The van der Waals surface area contributed by atoms with E-state index < -0.39 is 11.5 Å². The maximum atomic E-state index is 13.0. The zero-order valence-corrected chi connectivity index (χ0v) is 14.8. The zero-order chi connectivity index (χ0) is 17.2. The highest BCUT2D eigenvalue weighted by Gasteiger charge is 2.58. The molecule has 0 aromatic heterocycles. The summed E-state index contributed by atoms with van der Waals surface area (Å²) in [5.74, 6) is -0.0890. The van der Waals surface area contributed by atoms with Gasteiger partial charge >= 0.3 is 0 Å². The molecule has 3 aliphatic carbocycles. The minimum absolute atomic E-state index is 0.114. The molecule has 0 heterocycles. The first-order valence-corrected chi connectivity index (χ1v) is 8.76. The predicted octanol–water partition coefficient (Wildman–Crippen LogP) is 3.47. The van der Waals surface area contributed by atoms with Crippen molar-refractivity contribution in [3.8, 4) is 0 Å². The Kier molecular flexibility index (Phi) is 3.72. The summed E-state index contributed by atoms with van der Waals surface area (Å²) in [6.07, 6.45) is 6.19. The number of carbonyl (C=O) groups is 2. The van der Waals surface area contributed by atoms with E-state index in [1.807, 2.05) is 19.9 Å². The Morgan fingerprint density at radius 2 is 1.83 bits per heavy atom. The van der Waals surface area contributed by atoms with Crippen LogP contribution in [0.15, 0.2) is 23.3 Å². The van der Waals surface area contributed by atoms with Crippen molar-refractivity contribution >= 4 is 11.6 Å². The van der Waals surface area contributed by atoms with Gasteiger partial charge in [-0.3, -0.25) is 9.59 Å². The number of ketones is 2. The second-order valence-electron chi connectivity index (χ2n) is 8.58. The number of hydrogen-bond donors (Lipinski definition) is 1. The molecule has 3 aliphatic rings. The fraction of sp³-hybridized carbons (Fsp3) is 0.700. The smallest absolute Gasteiger partial charge is 0.172 e. The Balaban J connectivity index is 2.00. The van der Waals surface area contributed by atoms with Gasteiger partial charge < -0.3 is 5.11 Å². The summed E-state index contributed by atoms with van der Waals surface area (Å²) < 4.78 is 0. The SMILES string of the molecule is CC1=C[C@@]2(O)C(=O)[C@H](C)C[C@@H]3[C@H](CC/C(C)=C/[C@H]2C1=O)C3(C)C. The molecule has 5 atom stereocenters. The van der Waals surface area contributed by atoms with Gasteiger partial charge in [0.2, 0.25) is 0 Å². The lowest BCUT2D eigenvalue weighted by Crippen LogP contribution is -2.46. The molecule has 0 amide bonds. The van der Waals surface area contributed by atoms with E-state index in [4.69, 9.17) is 0 Å². The van der Waals surface area contributed by atoms with E-state index in [1.54, 1.807) is 6.92 Å². The van der Waals surface area contributed by atoms with Crippen LogP contribution in [0.4, 0.5) is 0 Å². The topological polar surface area (TPSA) is 54.4 Å². The molecule has 1 saturated carbocycles. The molecule has 1 N–H and O–H groups in total. The molecule has 3 heteroatoms. The molecule has 0 aliphatic heterocycles. The molecule has 0 radical (unpaired) electrons. The molecule has 0 spiro atoms. The first kappa shape index (κ1) is 16.6. The van der Waals surface area contributed by atoms with Crippen LogP contribution in [-0.4, -0.2) is 22.3 Å². The minimum Gasteiger partial charge on any atom is -0.377 e. The lowest BCUT2D eigenvalue weighted by molar-refractivity contribution is -0.142. The van der Waals surface area contributed by atoms with Crippen molar-refractivity contribution in [1.82, 2.24) is 0 Å². The Morgan fingerprint density at radius 1 is 1.17 bits per heavy atom.